The fourth-order valence-electron chi connectivity index (χ4n) is 0. The molecule has 0 aliphatic carbocycles. The molecule has 0 saturated carbocycles. The van der Waals surface area contributed by atoms with E-state index in [1.807, 2.05) is 14.1 Å². The first kappa shape index (κ1) is 6.47. The smallest absolute Gasteiger partial charge is 0.210 e. The fourth-order valence-corrected chi connectivity index (χ4v) is 0. The molecule has 0 spiro atoms. The molecule has 6 heavy (non-hydrogen) atoms. The first-order valence-corrected chi connectivity index (χ1v) is 5.37. The highest BCUT2D eigenvalue weighted by atomic mass is 35.6. The summed E-state index contributed by atoms with van der Waals surface area (Å²) in [7, 11) is 3.07. The standard InChI is InChI=1S/C3H10ClNSi/c1-5(2)6(3)4/h6H,1-3H3. The predicted molar refractivity (Wildman–Crippen MR) is 32.6 cm³/mol. The van der Waals surface area contributed by atoms with Gasteiger partial charge in [-0.3, -0.25) is 0 Å². The molecule has 0 aliphatic heterocycles. The zero-order valence-corrected chi connectivity index (χ0v) is 6.31. The lowest BCUT2D eigenvalue weighted by Crippen LogP contribution is -2.22. The Hall–Kier alpha value is 0.467. The van der Waals surface area contributed by atoms with Gasteiger partial charge in [0.25, 0.3) is 0 Å². The Morgan fingerprint density at radius 2 is 1.67 bits per heavy atom. The van der Waals surface area contributed by atoms with Crippen molar-refractivity contribution in [2.75, 3.05) is 14.1 Å². The van der Waals surface area contributed by atoms with Gasteiger partial charge in [0.2, 0.25) is 8.27 Å². The van der Waals surface area contributed by atoms with Crippen molar-refractivity contribution in [1.29, 1.82) is 0 Å². The molecule has 0 N–H and O–H groups in total. The highest BCUT2D eigenvalue weighted by Crippen LogP contribution is 1.88. The summed E-state index contributed by atoms with van der Waals surface area (Å²) in [6.45, 7) is 2.07. The summed E-state index contributed by atoms with van der Waals surface area (Å²) in [5.74, 6) is 0. The van der Waals surface area contributed by atoms with Crippen molar-refractivity contribution in [3.05, 3.63) is 0 Å². The van der Waals surface area contributed by atoms with E-state index in [9.17, 15) is 0 Å². The zero-order valence-electron chi connectivity index (χ0n) is 4.40. The van der Waals surface area contributed by atoms with Crippen LogP contribution in [0.25, 0.3) is 0 Å². The molecular formula is C3H10ClNSi. The molecule has 38 valence electrons. The molecule has 1 nitrogen and oxygen atoms in total. The van der Waals surface area contributed by atoms with E-state index in [1.54, 1.807) is 0 Å². The topological polar surface area (TPSA) is 3.24 Å². The Balaban J connectivity index is 2.99. The maximum Gasteiger partial charge on any atom is 0.210 e. The monoisotopic (exact) mass is 123 g/mol. The van der Waals surface area contributed by atoms with E-state index in [0.29, 0.717) is 0 Å². The van der Waals surface area contributed by atoms with Crippen LogP contribution in [-0.4, -0.2) is 26.9 Å². The average Bonchev–Trinajstić information content (AvgIpc) is 1.36. The van der Waals surface area contributed by atoms with E-state index >= 15 is 0 Å². The van der Waals surface area contributed by atoms with E-state index in [4.69, 9.17) is 11.1 Å². The van der Waals surface area contributed by atoms with Crippen LogP contribution in [-0.2, 0) is 0 Å². The number of halogens is 1. The molecule has 0 saturated heterocycles. The van der Waals surface area contributed by atoms with Crippen molar-refractivity contribution < 1.29 is 0 Å². The number of hydrogen-bond donors (Lipinski definition) is 0. The van der Waals surface area contributed by atoms with Crippen LogP contribution in [0.1, 0.15) is 0 Å². The van der Waals surface area contributed by atoms with Crippen molar-refractivity contribution in [2.24, 2.45) is 0 Å². The largest absolute Gasteiger partial charge is 0.320 e. The van der Waals surface area contributed by atoms with E-state index < -0.39 is 8.27 Å². The van der Waals surface area contributed by atoms with Crippen molar-refractivity contribution in [3.8, 4) is 0 Å². The summed E-state index contributed by atoms with van der Waals surface area (Å²) in [5.41, 5.74) is 0. The SMILES string of the molecule is CN(C)[SiH](C)Cl. The van der Waals surface area contributed by atoms with Crippen molar-refractivity contribution in [2.45, 2.75) is 6.55 Å². The minimum atomic E-state index is -0.938. The normalized spacial score (nSPS) is 15.5. The van der Waals surface area contributed by atoms with Crippen LogP contribution in [0.5, 0.6) is 0 Å². The second kappa shape index (κ2) is 2.61. The summed E-state index contributed by atoms with van der Waals surface area (Å²) in [6, 6.07) is 0. The van der Waals surface area contributed by atoms with Crippen LogP contribution in [0.2, 0.25) is 6.55 Å². The molecular weight excluding hydrogens is 114 g/mol. The molecule has 0 heterocycles. The quantitative estimate of drug-likeness (QED) is 0.366. The van der Waals surface area contributed by atoms with Gasteiger partial charge in [-0.1, -0.05) is 0 Å². The molecule has 0 aromatic carbocycles. The van der Waals surface area contributed by atoms with Gasteiger partial charge in [-0.15, -0.1) is 0 Å². The van der Waals surface area contributed by atoms with E-state index in [2.05, 4.69) is 11.1 Å². The van der Waals surface area contributed by atoms with Gasteiger partial charge in [-0.2, -0.15) is 11.1 Å². The second-order valence-corrected chi connectivity index (χ2v) is 5.61. The summed E-state index contributed by atoms with van der Waals surface area (Å²) in [4.78, 5) is 0. The minimum absolute atomic E-state index is 0.938. The molecule has 0 aromatic rings. The number of hydrogen-bond acceptors (Lipinski definition) is 1. The molecule has 1 atom stereocenters. The van der Waals surface area contributed by atoms with Crippen LogP contribution in [0, 0.1) is 0 Å². The first-order valence-electron chi connectivity index (χ1n) is 1.95. The number of nitrogens with zero attached hydrogens (tertiary/aromatic N) is 1. The molecule has 3 heteroatoms. The van der Waals surface area contributed by atoms with Gasteiger partial charge < -0.3 is 4.57 Å². The van der Waals surface area contributed by atoms with Gasteiger partial charge in [0.15, 0.2) is 0 Å². The van der Waals surface area contributed by atoms with Crippen molar-refractivity contribution in [1.82, 2.24) is 4.57 Å². The Labute approximate surface area is 45.3 Å². The van der Waals surface area contributed by atoms with E-state index in [0.717, 1.165) is 0 Å². The van der Waals surface area contributed by atoms with Gasteiger partial charge in [0.05, 0.1) is 0 Å². The zero-order chi connectivity index (χ0) is 5.15. The van der Waals surface area contributed by atoms with Crippen LogP contribution >= 0.6 is 11.1 Å². The van der Waals surface area contributed by atoms with Crippen LogP contribution in [0.4, 0.5) is 0 Å². The molecule has 0 rings (SSSR count). The third-order valence-corrected chi connectivity index (χ3v) is 3.31. The molecule has 0 fully saturated rings. The van der Waals surface area contributed by atoms with Gasteiger partial charge in [-0.05, 0) is 20.6 Å². The minimum Gasteiger partial charge on any atom is -0.320 e. The summed E-state index contributed by atoms with van der Waals surface area (Å²) in [5, 5.41) is 0. The third-order valence-electron chi connectivity index (χ3n) is 0.712. The third kappa shape index (κ3) is 2.69. The van der Waals surface area contributed by atoms with Gasteiger partial charge in [-0.25, -0.2) is 0 Å². The molecule has 0 aliphatic rings. The predicted octanol–water partition coefficient (Wildman–Crippen LogP) is 0.637. The summed E-state index contributed by atoms with van der Waals surface area (Å²) >= 11 is 5.68. The maximum atomic E-state index is 5.68. The van der Waals surface area contributed by atoms with Crippen molar-refractivity contribution in [3.63, 3.8) is 0 Å². The lowest BCUT2D eigenvalue weighted by atomic mass is 11.3. The van der Waals surface area contributed by atoms with Crippen LogP contribution < -0.4 is 0 Å². The number of rotatable bonds is 1. The second-order valence-electron chi connectivity index (χ2n) is 1.54. The Bertz CT molecular complexity index is 31.8. The molecule has 0 aromatic heterocycles. The van der Waals surface area contributed by atoms with Gasteiger partial charge >= 0.3 is 0 Å². The van der Waals surface area contributed by atoms with Gasteiger partial charge in [0.1, 0.15) is 0 Å². The highest BCUT2D eigenvalue weighted by Gasteiger charge is 1.97. The highest BCUT2D eigenvalue weighted by molar-refractivity contribution is 7.04. The lowest BCUT2D eigenvalue weighted by Gasteiger charge is -2.08. The molecule has 0 radical (unpaired) electrons. The molecule has 0 amide bonds. The van der Waals surface area contributed by atoms with Crippen LogP contribution in [0.3, 0.4) is 0 Å². The van der Waals surface area contributed by atoms with E-state index in [-0.39, 0.29) is 0 Å². The van der Waals surface area contributed by atoms with Gasteiger partial charge in [0, 0.05) is 0 Å². The van der Waals surface area contributed by atoms with Crippen LogP contribution in [0.15, 0.2) is 0 Å². The average molecular weight is 124 g/mol. The fraction of sp³-hybridized carbons (Fsp3) is 1.00. The first-order chi connectivity index (χ1) is 2.64. The van der Waals surface area contributed by atoms with Crippen molar-refractivity contribution >= 4 is 19.3 Å². The van der Waals surface area contributed by atoms with E-state index in [1.165, 1.54) is 0 Å². The Morgan fingerprint density at radius 3 is 1.67 bits per heavy atom. The Morgan fingerprint density at radius 1 is 1.50 bits per heavy atom. The summed E-state index contributed by atoms with van der Waals surface area (Å²) < 4.78 is 2.07. The maximum absolute atomic E-state index is 5.68. The lowest BCUT2D eigenvalue weighted by molar-refractivity contribution is 0.658. The summed E-state index contributed by atoms with van der Waals surface area (Å²) in [6.07, 6.45) is 0. The molecule has 0 bridgehead atoms. The Kier molecular flexibility index (Phi) is 2.81. The molecule has 1 unspecified atom stereocenters.